The van der Waals surface area contributed by atoms with E-state index in [9.17, 15) is 0 Å². The minimum absolute atomic E-state index is 0.0863. The van der Waals surface area contributed by atoms with Gasteiger partial charge in [-0.2, -0.15) is 0 Å². The van der Waals surface area contributed by atoms with Crippen LogP contribution in [0.15, 0.2) is 103 Å². The molecule has 0 spiro atoms. The second-order valence-corrected chi connectivity index (χ2v) is 12.9. The predicted molar refractivity (Wildman–Crippen MR) is 185 cm³/mol. The van der Waals surface area contributed by atoms with Gasteiger partial charge in [0.05, 0.1) is 0 Å². The largest absolute Gasteiger partial charge is 0.304 e. The van der Waals surface area contributed by atoms with Crippen LogP contribution in [0.1, 0.15) is 133 Å². The zero-order valence-electron chi connectivity index (χ0n) is 27.1. The molecule has 0 aliphatic rings. The third-order valence-corrected chi connectivity index (χ3v) is 9.48. The Morgan fingerprint density at radius 3 is 1.65 bits per heavy atom. The molecule has 0 aliphatic heterocycles. The number of hydrogen-bond donors (Lipinski definition) is 0. The summed E-state index contributed by atoms with van der Waals surface area (Å²) in [5.74, 6) is 1.48. The lowest BCUT2D eigenvalue weighted by atomic mass is 9.66. The fourth-order valence-corrected chi connectivity index (χ4v) is 6.92. The van der Waals surface area contributed by atoms with Crippen LogP contribution in [0.2, 0.25) is 0 Å². The van der Waals surface area contributed by atoms with E-state index in [1.165, 1.54) is 113 Å². The predicted octanol–water partition coefficient (Wildman–Crippen LogP) is 12.0. The number of hydrogen-bond acceptors (Lipinski definition) is 1. The molecular formula is C41H56N2. The van der Waals surface area contributed by atoms with E-state index in [0.717, 1.165) is 12.8 Å². The van der Waals surface area contributed by atoms with Crippen molar-refractivity contribution in [1.82, 2.24) is 9.55 Å². The maximum Gasteiger partial charge on any atom is 0.117 e. The Balaban J connectivity index is 1.40. The lowest BCUT2D eigenvalue weighted by Crippen LogP contribution is -2.35. The average Bonchev–Trinajstić information content (AvgIpc) is 3.54. The molecule has 0 bridgehead atoms. The van der Waals surface area contributed by atoms with Gasteiger partial charge in [0.15, 0.2) is 0 Å². The molecular weight excluding hydrogens is 520 g/mol. The molecule has 1 aromatic heterocycles. The fraction of sp³-hybridized carbons (Fsp3) is 0.488. The van der Waals surface area contributed by atoms with Crippen molar-refractivity contribution in [3.05, 3.63) is 120 Å². The number of nitrogens with zero attached hydrogens (tertiary/aromatic N) is 2. The highest BCUT2D eigenvalue weighted by molar-refractivity contribution is 5.37. The minimum Gasteiger partial charge on any atom is -0.304 e. The van der Waals surface area contributed by atoms with Gasteiger partial charge in [-0.3, -0.25) is 0 Å². The quantitative estimate of drug-likeness (QED) is 0.0902. The van der Waals surface area contributed by atoms with Gasteiger partial charge in [0.25, 0.3) is 0 Å². The van der Waals surface area contributed by atoms with Gasteiger partial charge >= 0.3 is 0 Å². The first-order valence-electron chi connectivity index (χ1n) is 17.4. The lowest BCUT2D eigenvalue weighted by Gasteiger charge is -2.39. The molecule has 230 valence electrons. The summed E-state index contributed by atoms with van der Waals surface area (Å²) in [4.78, 5) is 5.07. The molecule has 0 N–H and O–H groups in total. The Hall–Kier alpha value is -3.13. The number of benzene rings is 3. The van der Waals surface area contributed by atoms with Crippen molar-refractivity contribution in [3.63, 3.8) is 0 Å². The maximum atomic E-state index is 5.07. The summed E-state index contributed by atoms with van der Waals surface area (Å²) in [5, 5.41) is 0. The maximum absolute atomic E-state index is 5.07. The number of aromatic nitrogens is 2. The molecule has 3 aromatic carbocycles. The van der Waals surface area contributed by atoms with Gasteiger partial charge in [-0.25, -0.2) is 4.98 Å². The molecule has 2 nitrogen and oxygen atoms in total. The van der Waals surface area contributed by atoms with Crippen molar-refractivity contribution in [1.29, 1.82) is 0 Å². The van der Waals surface area contributed by atoms with Crippen LogP contribution >= 0.6 is 0 Å². The van der Waals surface area contributed by atoms with Gasteiger partial charge in [0.1, 0.15) is 5.82 Å². The minimum atomic E-state index is -0.0863. The Kier molecular flexibility index (Phi) is 14.1. The van der Waals surface area contributed by atoms with Crippen LogP contribution in [0.25, 0.3) is 5.69 Å². The van der Waals surface area contributed by atoms with E-state index in [-0.39, 0.29) is 5.41 Å². The number of rotatable bonds is 21. The highest BCUT2D eigenvalue weighted by Gasteiger charge is 2.39. The van der Waals surface area contributed by atoms with E-state index in [1.807, 2.05) is 6.20 Å². The molecule has 0 radical (unpaired) electrons. The van der Waals surface area contributed by atoms with E-state index >= 15 is 0 Å². The molecule has 4 aromatic rings. The van der Waals surface area contributed by atoms with Crippen LogP contribution in [0.4, 0.5) is 0 Å². The summed E-state index contributed by atoms with van der Waals surface area (Å²) in [6, 6.07) is 33.0. The van der Waals surface area contributed by atoms with E-state index in [0.29, 0.717) is 5.92 Å². The van der Waals surface area contributed by atoms with Gasteiger partial charge in [-0.15, -0.1) is 0 Å². The zero-order chi connectivity index (χ0) is 30.0. The Morgan fingerprint density at radius 2 is 1.09 bits per heavy atom. The first-order chi connectivity index (χ1) is 21.2. The second-order valence-electron chi connectivity index (χ2n) is 12.9. The molecule has 2 heteroatoms. The van der Waals surface area contributed by atoms with Crippen molar-refractivity contribution in [2.45, 2.75) is 128 Å². The highest BCUT2D eigenvalue weighted by Crippen LogP contribution is 2.44. The lowest BCUT2D eigenvalue weighted by molar-refractivity contribution is 0.328. The first-order valence-corrected chi connectivity index (χ1v) is 17.4. The standard InChI is InChI=1S/C41H56N2/c1-3-4-5-6-7-8-9-10-11-12-13-14-15-25-32-39(40-42-33-34-43(40)38-30-23-18-24-31-38)41(2,37-28-21-17-22-29-37)35-36-26-19-16-20-27-36/h16-24,26-31,33-34,39H,3-15,25,32,35H2,1-2H3. The van der Waals surface area contributed by atoms with Crippen molar-refractivity contribution in [2.75, 3.05) is 0 Å². The Labute approximate surface area is 263 Å². The van der Waals surface area contributed by atoms with Crippen LogP contribution in [0, 0.1) is 0 Å². The van der Waals surface area contributed by atoms with E-state index in [2.05, 4.69) is 116 Å². The van der Waals surface area contributed by atoms with E-state index in [1.54, 1.807) is 0 Å². The van der Waals surface area contributed by atoms with Crippen LogP contribution < -0.4 is 0 Å². The highest BCUT2D eigenvalue weighted by atomic mass is 15.1. The molecule has 2 atom stereocenters. The molecule has 1 heterocycles. The summed E-state index contributed by atoms with van der Waals surface area (Å²) < 4.78 is 2.33. The number of imidazole rings is 1. The number of para-hydroxylation sites is 1. The van der Waals surface area contributed by atoms with Crippen LogP contribution in [-0.4, -0.2) is 9.55 Å². The van der Waals surface area contributed by atoms with Crippen LogP contribution in [0.5, 0.6) is 0 Å². The molecule has 0 fully saturated rings. The first kappa shape index (κ1) is 32.8. The summed E-state index contributed by atoms with van der Waals surface area (Å²) >= 11 is 0. The molecule has 0 saturated carbocycles. The molecule has 0 amide bonds. The van der Waals surface area contributed by atoms with Crippen molar-refractivity contribution in [2.24, 2.45) is 0 Å². The smallest absolute Gasteiger partial charge is 0.117 e. The Morgan fingerprint density at radius 1 is 0.605 bits per heavy atom. The number of unbranched alkanes of at least 4 members (excludes halogenated alkanes) is 13. The van der Waals surface area contributed by atoms with Crippen LogP contribution in [-0.2, 0) is 11.8 Å². The third kappa shape index (κ3) is 10.2. The fourth-order valence-electron chi connectivity index (χ4n) is 6.92. The molecule has 2 unspecified atom stereocenters. The summed E-state index contributed by atoms with van der Waals surface area (Å²) in [6.45, 7) is 4.78. The Bertz CT molecular complexity index is 1250. The van der Waals surface area contributed by atoms with Crippen molar-refractivity contribution < 1.29 is 0 Å². The van der Waals surface area contributed by atoms with Gasteiger partial charge < -0.3 is 4.57 Å². The second kappa shape index (κ2) is 18.5. The average molecular weight is 577 g/mol. The molecule has 0 aliphatic carbocycles. The van der Waals surface area contributed by atoms with Crippen molar-refractivity contribution >= 4 is 0 Å². The van der Waals surface area contributed by atoms with Gasteiger partial charge in [0, 0.05) is 29.4 Å². The van der Waals surface area contributed by atoms with E-state index < -0.39 is 0 Å². The van der Waals surface area contributed by atoms with Gasteiger partial charge in [-0.05, 0) is 36.1 Å². The third-order valence-electron chi connectivity index (χ3n) is 9.48. The SMILES string of the molecule is CCCCCCCCCCCCCCCCC(c1nccn1-c1ccccc1)C(C)(Cc1ccccc1)c1ccccc1. The van der Waals surface area contributed by atoms with Crippen molar-refractivity contribution in [3.8, 4) is 5.69 Å². The van der Waals surface area contributed by atoms with Gasteiger partial charge in [0.2, 0.25) is 0 Å². The molecule has 43 heavy (non-hydrogen) atoms. The monoisotopic (exact) mass is 576 g/mol. The van der Waals surface area contributed by atoms with E-state index in [4.69, 9.17) is 4.98 Å². The van der Waals surface area contributed by atoms with Crippen LogP contribution in [0.3, 0.4) is 0 Å². The summed E-state index contributed by atoms with van der Waals surface area (Å²) in [7, 11) is 0. The van der Waals surface area contributed by atoms with Gasteiger partial charge in [-0.1, -0.05) is 183 Å². The topological polar surface area (TPSA) is 17.8 Å². The normalized spacial score (nSPS) is 13.5. The zero-order valence-corrected chi connectivity index (χ0v) is 27.1. The summed E-state index contributed by atoms with van der Waals surface area (Å²) in [5.41, 5.74) is 3.89. The summed E-state index contributed by atoms with van der Waals surface area (Å²) in [6.07, 6.45) is 25.7. The molecule has 4 rings (SSSR count). The molecule has 0 saturated heterocycles.